The van der Waals surface area contributed by atoms with Crippen molar-refractivity contribution in [3.63, 3.8) is 0 Å². The molecular formula is C17H23N3O. The molecule has 2 atom stereocenters. The number of rotatable bonds is 5. The normalized spacial score (nSPS) is 18.2. The Morgan fingerprint density at radius 2 is 2.10 bits per heavy atom. The van der Waals surface area contributed by atoms with Gasteiger partial charge in [0.2, 0.25) is 0 Å². The smallest absolute Gasteiger partial charge is 0.161 e. The molecule has 4 nitrogen and oxygen atoms in total. The molecule has 1 aromatic carbocycles. The van der Waals surface area contributed by atoms with Gasteiger partial charge in [-0.25, -0.2) is 0 Å². The Hall–Kier alpha value is -1.81. The summed E-state index contributed by atoms with van der Waals surface area (Å²) in [5.74, 6) is 1.35. The fraction of sp³-hybridized carbons (Fsp3) is 0.471. The van der Waals surface area contributed by atoms with E-state index >= 15 is 0 Å². The molecule has 0 spiro atoms. The SMILES string of the molecule is CNC(c1c(OC)cnn1C(C)C)C1Cc2ccccc21. The number of nitrogens with zero attached hydrogens (tertiary/aromatic N) is 2. The highest BCUT2D eigenvalue weighted by molar-refractivity contribution is 5.44. The molecule has 1 aromatic heterocycles. The third kappa shape index (κ3) is 2.23. The van der Waals surface area contributed by atoms with Crippen LogP contribution < -0.4 is 10.1 Å². The standard InChI is InChI=1S/C17H23N3O/c1-11(2)20-17(15(21-4)10-19-20)16(18-3)14-9-12-7-5-6-8-13(12)14/h5-8,10-11,14,16,18H,9H2,1-4H3. The summed E-state index contributed by atoms with van der Waals surface area (Å²) < 4.78 is 7.61. The number of hydrogen-bond acceptors (Lipinski definition) is 3. The fourth-order valence-electron chi connectivity index (χ4n) is 3.34. The van der Waals surface area contributed by atoms with Gasteiger partial charge in [-0.2, -0.15) is 5.10 Å². The second kappa shape index (κ2) is 5.53. The van der Waals surface area contributed by atoms with Crippen LogP contribution in [0.15, 0.2) is 30.5 Å². The largest absolute Gasteiger partial charge is 0.493 e. The molecule has 1 aliphatic rings. The van der Waals surface area contributed by atoms with Gasteiger partial charge in [0.05, 0.1) is 25.0 Å². The molecule has 4 heteroatoms. The maximum atomic E-state index is 5.54. The molecule has 3 rings (SSSR count). The van der Waals surface area contributed by atoms with Gasteiger partial charge in [0.15, 0.2) is 5.75 Å². The molecule has 0 radical (unpaired) electrons. The van der Waals surface area contributed by atoms with E-state index in [4.69, 9.17) is 4.74 Å². The molecule has 112 valence electrons. The van der Waals surface area contributed by atoms with Crippen LogP contribution in [0.25, 0.3) is 0 Å². The average Bonchev–Trinajstić information content (AvgIpc) is 2.88. The highest BCUT2D eigenvalue weighted by Crippen LogP contribution is 2.45. The molecule has 0 bridgehead atoms. The fourth-order valence-corrected chi connectivity index (χ4v) is 3.34. The first kappa shape index (κ1) is 14.1. The zero-order chi connectivity index (χ0) is 15.0. The Bertz CT molecular complexity index is 633. The second-order valence-corrected chi connectivity index (χ2v) is 5.91. The number of hydrogen-bond donors (Lipinski definition) is 1. The summed E-state index contributed by atoms with van der Waals surface area (Å²) in [5.41, 5.74) is 4.04. The van der Waals surface area contributed by atoms with Gasteiger partial charge in [0.1, 0.15) is 0 Å². The van der Waals surface area contributed by atoms with Crippen molar-refractivity contribution in [3.8, 4) is 5.75 Å². The third-order valence-corrected chi connectivity index (χ3v) is 4.41. The van der Waals surface area contributed by atoms with Crippen LogP contribution in [-0.4, -0.2) is 23.9 Å². The average molecular weight is 285 g/mol. The molecular weight excluding hydrogens is 262 g/mol. The first-order chi connectivity index (χ1) is 10.2. The molecule has 0 saturated carbocycles. The summed E-state index contributed by atoms with van der Waals surface area (Å²) >= 11 is 0. The van der Waals surface area contributed by atoms with E-state index in [0.29, 0.717) is 12.0 Å². The molecule has 2 aromatic rings. The van der Waals surface area contributed by atoms with Crippen LogP contribution in [0.5, 0.6) is 5.75 Å². The molecule has 1 N–H and O–H groups in total. The predicted molar refractivity (Wildman–Crippen MR) is 83.9 cm³/mol. The van der Waals surface area contributed by atoms with Crippen molar-refractivity contribution in [1.82, 2.24) is 15.1 Å². The monoisotopic (exact) mass is 285 g/mol. The number of ether oxygens (including phenoxy) is 1. The van der Waals surface area contributed by atoms with Gasteiger partial charge in [0, 0.05) is 12.0 Å². The lowest BCUT2D eigenvalue weighted by molar-refractivity contribution is 0.358. The zero-order valence-corrected chi connectivity index (χ0v) is 13.1. The number of likely N-dealkylation sites (N-methyl/N-ethyl adjacent to an activating group) is 1. The van der Waals surface area contributed by atoms with Crippen molar-refractivity contribution in [2.75, 3.05) is 14.2 Å². The van der Waals surface area contributed by atoms with Crippen molar-refractivity contribution in [2.45, 2.75) is 38.3 Å². The molecule has 21 heavy (non-hydrogen) atoms. The van der Waals surface area contributed by atoms with E-state index in [1.807, 2.05) is 13.2 Å². The highest BCUT2D eigenvalue weighted by Gasteiger charge is 2.36. The van der Waals surface area contributed by atoms with Crippen LogP contribution in [0.3, 0.4) is 0 Å². The van der Waals surface area contributed by atoms with Gasteiger partial charge in [-0.1, -0.05) is 24.3 Å². The Balaban J connectivity index is 2.00. The van der Waals surface area contributed by atoms with Crippen molar-refractivity contribution in [1.29, 1.82) is 0 Å². The molecule has 0 amide bonds. The summed E-state index contributed by atoms with van der Waals surface area (Å²) in [6, 6.07) is 9.22. The van der Waals surface area contributed by atoms with E-state index in [-0.39, 0.29) is 6.04 Å². The summed E-state index contributed by atoms with van der Waals surface area (Å²) in [6.45, 7) is 4.30. The van der Waals surface area contributed by atoms with Gasteiger partial charge >= 0.3 is 0 Å². The van der Waals surface area contributed by atoms with Crippen LogP contribution in [0.2, 0.25) is 0 Å². The van der Waals surface area contributed by atoms with E-state index in [9.17, 15) is 0 Å². The molecule has 0 aliphatic heterocycles. The number of fused-ring (bicyclic) bond motifs is 1. The van der Waals surface area contributed by atoms with E-state index < -0.39 is 0 Å². The summed E-state index contributed by atoms with van der Waals surface area (Å²) in [4.78, 5) is 0. The topological polar surface area (TPSA) is 39.1 Å². The minimum atomic E-state index is 0.222. The van der Waals surface area contributed by atoms with E-state index in [1.165, 1.54) is 11.1 Å². The Morgan fingerprint density at radius 1 is 1.33 bits per heavy atom. The van der Waals surface area contributed by atoms with Gasteiger partial charge in [-0.05, 0) is 38.4 Å². The van der Waals surface area contributed by atoms with Crippen molar-refractivity contribution < 1.29 is 4.74 Å². The third-order valence-electron chi connectivity index (χ3n) is 4.41. The maximum Gasteiger partial charge on any atom is 0.161 e. The van der Waals surface area contributed by atoms with Crippen LogP contribution in [0, 0.1) is 0 Å². The number of aromatic nitrogens is 2. The van der Waals surface area contributed by atoms with Crippen LogP contribution >= 0.6 is 0 Å². The number of benzene rings is 1. The number of nitrogens with one attached hydrogen (secondary N) is 1. The van der Waals surface area contributed by atoms with Crippen molar-refractivity contribution in [3.05, 3.63) is 47.3 Å². The van der Waals surface area contributed by atoms with Gasteiger partial charge < -0.3 is 10.1 Å². The van der Waals surface area contributed by atoms with Crippen LogP contribution in [-0.2, 0) is 6.42 Å². The summed E-state index contributed by atoms with van der Waals surface area (Å²) in [7, 11) is 3.73. The first-order valence-corrected chi connectivity index (χ1v) is 7.53. The number of methoxy groups -OCH3 is 1. The Kier molecular flexibility index (Phi) is 3.72. The lowest BCUT2D eigenvalue weighted by atomic mass is 9.72. The van der Waals surface area contributed by atoms with Crippen molar-refractivity contribution >= 4 is 0 Å². The molecule has 1 heterocycles. The van der Waals surface area contributed by atoms with Crippen molar-refractivity contribution in [2.24, 2.45) is 0 Å². The minimum absolute atomic E-state index is 0.222. The van der Waals surface area contributed by atoms with E-state index in [0.717, 1.165) is 17.9 Å². The quantitative estimate of drug-likeness (QED) is 0.917. The van der Waals surface area contributed by atoms with Crippen LogP contribution in [0.4, 0.5) is 0 Å². The second-order valence-electron chi connectivity index (χ2n) is 5.91. The highest BCUT2D eigenvalue weighted by atomic mass is 16.5. The lowest BCUT2D eigenvalue weighted by Gasteiger charge is -2.37. The predicted octanol–water partition coefficient (Wildman–Crippen LogP) is 3.07. The van der Waals surface area contributed by atoms with Crippen LogP contribution in [0.1, 0.15) is 48.7 Å². The van der Waals surface area contributed by atoms with Gasteiger partial charge in [-0.15, -0.1) is 0 Å². The van der Waals surface area contributed by atoms with E-state index in [2.05, 4.69) is 53.2 Å². The minimum Gasteiger partial charge on any atom is -0.493 e. The molecule has 1 aliphatic carbocycles. The summed E-state index contributed by atoms with van der Waals surface area (Å²) in [5, 5.41) is 7.98. The molecule has 0 saturated heterocycles. The first-order valence-electron chi connectivity index (χ1n) is 7.53. The van der Waals surface area contributed by atoms with E-state index in [1.54, 1.807) is 7.11 Å². The molecule has 2 unspecified atom stereocenters. The maximum absolute atomic E-state index is 5.54. The lowest BCUT2D eigenvalue weighted by Crippen LogP contribution is -2.33. The van der Waals surface area contributed by atoms with Gasteiger partial charge in [-0.3, -0.25) is 4.68 Å². The zero-order valence-electron chi connectivity index (χ0n) is 13.1. The van der Waals surface area contributed by atoms with Gasteiger partial charge in [0.25, 0.3) is 0 Å². The Labute approximate surface area is 126 Å². The summed E-state index contributed by atoms with van der Waals surface area (Å²) in [6.07, 6.45) is 2.93. The Morgan fingerprint density at radius 3 is 2.71 bits per heavy atom. The molecule has 0 fully saturated rings.